The molecule has 0 unspecified atom stereocenters. The Bertz CT molecular complexity index is 812. The summed E-state index contributed by atoms with van der Waals surface area (Å²) >= 11 is 9.32. The number of ether oxygens (including phenoxy) is 1. The van der Waals surface area contributed by atoms with Gasteiger partial charge in [0.1, 0.15) is 11.8 Å². The maximum atomic E-state index is 12.9. The molecule has 0 aliphatic rings. The molecule has 1 N–H and O–H groups in total. The Morgan fingerprint density at radius 1 is 1.10 bits per heavy atom. The largest absolute Gasteiger partial charge is 0.484 e. The highest BCUT2D eigenvalue weighted by molar-refractivity contribution is 9.10. The molecule has 2 aromatic carbocycles. The van der Waals surface area contributed by atoms with Crippen molar-refractivity contribution in [1.82, 2.24) is 10.2 Å². The van der Waals surface area contributed by atoms with E-state index >= 15 is 0 Å². The molecule has 0 heterocycles. The Kier molecular flexibility index (Phi) is 8.99. The van der Waals surface area contributed by atoms with E-state index in [2.05, 4.69) is 21.2 Å². The number of carbonyl (C=O) groups excluding carboxylic acids is 2. The number of nitrogens with zero attached hydrogens (tertiary/aromatic N) is 1. The summed E-state index contributed by atoms with van der Waals surface area (Å²) in [7, 11) is 0. The fraction of sp³-hybridized carbons (Fsp3) is 0.364. The van der Waals surface area contributed by atoms with Gasteiger partial charge in [-0.15, -0.1) is 0 Å². The van der Waals surface area contributed by atoms with Gasteiger partial charge in [-0.3, -0.25) is 9.59 Å². The van der Waals surface area contributed by atoms with E-state index in [4.69, 9.17) is 16.3 Å². The minimum absolute atomic E-state index is 0.0384. The summed E-state index contributed by atoms with van der Waals surface area (Å²) in [6.45, 7) is 5.79. The van der Waals surface area contributed by atoms with Gasteiger partial charge in [0, 0.05) is 22.1 Å². The van der Waals surface area contributed by atoms with Crippen LogP contribution in [0.2, 0.25) is 5.02 Å². The zero-order valence-corrected chi connectivity index (χ0v) is 19.2. The number of amides is 2. The van der Waals surface area contributed by atoms with Crippen LogP contribution >= 0.6 is 27.5 Å². The Morgan fingerprint density at radius 3 is 2.31 bits per heavy atom. The van der Waals surface area contributed by atoms with Crippen LogP contribution in [-0.2, 0) is 16.1 Å². The molecular formula is C22H26BrClN2O3. The van der Waals surface area contributed by atoms with Gasteiger partial charge < -0.3 is 15.0 Å². The molecule has 5 nitrogen and oxygen atoms in total. The van der Waals surface area contributed by atoms with Crippen LogP contribution in [0.5, 0.6) is 5.75 Å². The van der Waals surface area contributed by atoms with E-state index in [9.17, 15) is 9.59 Å². The van der Waals surface area contributed by atoms with Gasteiger partial charge in [0.25, 0.3) is 5.91 Å². The highest BCUT2D eigenvalue weighted by Crippen LogP contribution is 2.17. The molecule has 0 saturated carbocycles. The Labute approximate surface area is 185 Å². The van der Waals surface area contributed by atoms with Crippen molar-refractivity contribution in [3.63, 3.8) is 0 Å². The van der Waals surface area contributed by atoms with Gasteiger partial charge >= 0.3 is 0 Å². The number of carbonyl (C=O) groups is 2. The molecule has 29 heavy (non-hydrogen) atoms. The zero-order valence-electron chi connectivity index (χ0n) is 16.8. The predicted molar refractivity (Wildman–Crippen MR) is 119 cm³/mol. The monoisotopic (exact) mass is 480 g/mol. The van der Waals surface area contributed by atoms with E-state index < -0.39 is 6.04 Å². The molecule has 0 bridgehead atoms. The molecule has 0 aliphatic carbocycles. The lowest BCUT2D eigenvalue weighted by Gasteiger charge is -2.29. The summed E-state index contributed by atoms with van der Waals surface area (Å²) in [6.07, 6.45) is 0.816. The predicted octanol–water partition coefficient (Wildman–Crippen LogP) is 4.81. The first kappa shape index (κ1) is 23.2. The Hall–Kier alpha value is -2.05. The van der Waals surface area contributed by atoms with Crippen molar-refractivity contribution >= 4 is 39.3 Å². The molecule has 0 radical (unpaired) electrons. The topological polar surface area (TPSA) is 58.6 Å². The summed E-state index contributed by atoms with van der Waals surface area (Å²) in [5.41, 5.74) is 0.884. The van der Waals surface area contributed by atoms with Crippen molar-refractivity contribution < 1.29 is 14.3 Å². The quantitative estimate of drug-likeness (QED) is 0.559. The normalized spacial score (nSPS) is 12.7. The lowest BCUT2D eigenvalue weighted by atomic mass is 10.1. The standard InChI is InChI=1S/C22H26BrClN2O3/c1-4-15(2)25-22(28)16(3)26(13-17-5-9-19(24)10-6-17)21(27)14-29-20-11-7-18(23)8-12-20/h5-12,15-16H,4,13-14H2,1-3H3,(H,25,28)/t15-,16+/m0/s1. The molecule has 2 atom stereocenters. The molecule has 2 aromatic rings. The van der Waals surface area contributed by atoms with Crippen LogP contribution in [0.15, 0.2) is 53.0 Å². The van der Waals surface area contributed by atoms with Crippen molar-refractivity contribution in [2.75, 3.05) is 6.61 Å². The van der Waals surface area contributed by atoms with Crippen molar-refractivity contribution in [2.24, 2.45) is 0 Å². The second-order valence-corrected chi connectivity index (χ2v) is 8.24. The first-order chi connectivity index (χ1) is 13.8. The third-order valence-electron chi connectivity index (χ3n) is 4.61. The summed E-state index contributed by atoms with van der Waals surface area (Å²) in [4.78, 5) is 27.1. The lowest BCUT2D eigenvalue weighted by Crippen LogP contribution is -2.50. The SMILES string of the molecule is CC[C@H](C)NC(=O)[C@@H](C)N(Cc1ccc(Cl)cc1)C(=O)COc1ccc(Br)cc1. The highest BCUT2D eigenvalue weighted by Gasteiger charge is 2.27. The summed E-state index contributed by atoms with van der Waals surface area (Å²) in [5.74, 6) is 0.129. The molecule has 2 amide bonds. The van der Waals surface area contributed by atoms with Crippen LogP contribution in [0.1, 0.15) is 32.8 Å². The van der Waals surface area contributed by atoms with E-state index in [0.29, 0.717) is 10.8 Å². The van der Waals surface area contributed by atoms with Gasteiger partial charge in [0.2, 0.25) is 5.91 Å². The third kappa shape index (κ3) is 7.37. The molecule has 156 valence electrons. The molecule has 0 aliphatic heterocycles. The summed E-state index contributed by atoms with van der Waals surface area (Å²) in [5, 5.41) is 3.56. The van der Waals surface area contributed by atoms with Crippen LogP contribution in [0, 0.1) is 0 Å². The average molecular weight is 482 g/mol. The van der Waals surface area contributed by atoms with Crippen molar-refractivity contribution in [2.45, 2.75) is 45.8 Å². The average Bonchev–Trinajstić information content (AvgIpc) is 2.72. The summed E-state index contributed by atoms with van der Waals surface area (Å²) in [6, 6.07) is 13.9. The second kappa shape index (κ2) is 11.2. The maximum absolute atomic E-state index is 12.9. The smallest absolute Gasteiger partial charge is 0.261 e. The van der Waals surface area contributed by atoms with Crippen LogP contribution in [0.3, 0.4) is 0 Å². The fourth-order valence-corrected chi connectivity index (χ4v) is 2.98. The first-order valence-corrected chi connectivity index (χ1v) is 10.7. The van der Waals surface area contributed by atoms with Crippen molar-refractivity contribution in [3.8, 4) is 5.75 Å². The third-order valence-corrected chi connectivity index (χ3v) is 5.39. The van der Waals surface area contributed by atoms with Crippen molar-refractivity contribution in [1.29, 1.82) is 0 Å². The van der Waals surface area contributed by atoms with Gasteiger partial charge in [-0.1, -0.05) is 46.6 Å². The number of benzene rings is 2. The lowest BCUT2D eigenvalue weighted by molar-refractivity contribution is -0.142. The Morgan fingerprint density at radius 2 is 1.72 bits per heavy atom. The number of hydrogen-bond donors (Lipinski definition) is 1. The zero-order chi connectivity index (χ0) is 21.4. The molecule has 0 aromatic heterocycles. The number of halogens is 2. The highest BCUT2D eigenvalue weighted by atomic mass is 79.9. The summed E-state index contributed by atoms with van der Waals surface area (Å²) < 4.78 is 6.55. The second-order valence-electron chi connectivity index (χ2n) is 6.88. The van der Waals surface area contributed by atoms with E-state index in [1.807, 2.05) is 38.1 Å². The molecule has 7 heteroatoms. The molecule has 0 fully saturated rings. The number of rotatable bonds is 9. The minimum atomic E-state index is -0.638. The van der Waals surface area contributed by atoms with E-state index in [-0.39, 0.29) is 31.0 Å². The van der Waals surface area contributed by atoms with Crippen molar-refractivity contribution in [3.05, 3.63) is 63.6 Å². The molecule has 2 rings (SSSR count). The van der Waals surface area contributed by atoms with Gasteiger partial charge in [-0.25, -0.2) is 0 Å². The van der Waals surface area contributed by atoms with Gasteiger partial charge in [0.05, 0.1) is 0 Å². The molecule has 0 saturated heterocycles. The van der Waals surface area contributed by atoms with E-state index in [1.165, 1.54) is 4.90 Å². The first-order valence-electron chi connectivity index (χ1n) is 9.52. The van der Waals surface area contributed by atoms with Crippen LogP contribution in [-0.4, -0.2) is 35.4 Å². The van der Waals surface area contributed by atoms with Gasteiger partial charge in [-0.05, 0) is 62.2 Å². The fourth-order valence-electron chi connectivity index (χ4n) is 2.59. The Balaban J connectivity index is 2.13. The maximum Gasteiger partial charge on any atom is 0.261 e. The molecule has 0 spiro atoms. The number of hydrogen-bond acceptors (Lipinski definition) is 3. The van der Waals surface area contributed by atoms with Crippen LogP contribution < -0.4 is 10.1 Å². The number of nitrogens with one attached hydrogen (secondary N) is 1. The van der Waals surface area contributed by atoms with E-state index in [0.717, 1.165) is 16.5 Å². The van der Waals surface area contributed by atoms with Crippen LogP contribution in [0.25, 0.3) is 0 Å². The van der Waals surface area contributed by atoms with Gasteiger partial charge in [0.15, 0.2) is 6.61 Å². The van der Waals surface area contributed by atoms with Crippen LogP contribution in [0.4, 0.5) is 0 Å². The minimum Gasteiger partial charge on any atom is -0.484 e. The molecular weight excluding hydrogens is 456 g/mol. The van der Waals surface area contributed by atoms with E-state index in [1.54, 1.807) is 31.2 Å². The van der Waals surface area contributed by atoms with Gasteiger partial charge in [-0.2, -0.15) is 0 Å².